The van der Waals surface area contributed by atoms with Crippen LogP contribution >= 0.6 is 0 Å². The highest BCUT2D eigenvalue weighted by atomic mass is 16.5. The van der Waals surface area contributed by atoms with E-state index >= 15 is 0 Å². The summed E-state index contributed by atoms with van der Waals surface area (Å²) < 4.78 is 16.1. The van der Waals surface area contributed by atoms with Crippen molar-refractivity contribution in [3.8, 4) is 11.5 Å². The van der Waals surface area contributed by atoms with Crippen LogP contribution in [-0.2, 0) is 11.3 Å². The molecule has 0 spiro atoms. The number of hydrogen-bond acceptors (Lipinski definition) is 5. The van der Waals surface area contributed by atoms with Gasteiger partial charge in [-0.1, -0.05) is 18.1 Å². The maximum Gasteiger partial charge on any atom is 0.228 e. The van der Waals surface area contributed by atoms with Crippen molar-refractivity contribution >= 4 is 5.91 Å². The molecular weight excluding hydrogens is 320 g/mol. The predicted molar refractivity (Wildman–Crippen MR) is 95.0 cm³/mol. The van der Waals surface area contributed by atoms with Crippen molar-refractivity contribution in [3.05, 3.63) is 40.8 Å². The van der Waals surface area contributed by atoms with Gasteiger partial charge in [0.15, 0.2) is 11.5 Å². The van der Waals surface area contributed by atoms with Gasteiger partial charge < -0.3 is 19.3 Å². The third-order valence-corrected chi connectivity index (χ3v) is 4.16. The first-order valence-corrected chi connectivity index (χ1v) is 8.51. The number of benzene rings is 1. The van der Waals surface area contributed by atoms with Crippen LogP contribution in [-0.4, -0.2) is 24.8 Å². The molecule has 1 N–H and O–H groups in total. The van der Waals surface area contributed by atoms with E-state index in [1.54, 1.807) is 7.11 Å². The van der Waals surface area contributed by atoms with Crippen LogP contribution in [0.4, 0.5) is 0 Å². The summed E-state index contributed by atoms with van der Waals surface area (Å²) in [5.41, 5.74) is 2.59. The number of ether oxygens (including phenoxy) is 2. The van der Waals surface area contributed by atoms with Crippen molar-refractivity contribution in [2.24, 2.45) is 0 Å². The summed E-state index contributed by atoms with van der Waals surface area (Å²) in [7, 11) is 1.60. The Morgan fingerprint density at radius 2 is 2.04 bits per heavy atom. The van der Waals surface area contributed by atoms with Gasteiger partial charge in [-0.25, -0.2) is 0 Å². The van der Waals surface area contributed by atoms with Crippen molar-refractivity contribution in [2.45, 2.75) is 46.6 Å². The van der Waals surface area contributed by atoms with Crippen molar-refractivity contribution in [2.75, 3.05) is 13.7 Å². The summed E-state index contributed by atoms with van der Waals surface area (Å²) in [6.07, 6.45) is 0.682. The number of carbonyl (C=O) groups is 1. The van der Waals surface area contributed by atoms with E-state index in [1.165, 1.54) is 0 Å². The quantitative estimate of drug-likeness (QED) is 0.792. The fourth-order valence-electron chi connectivity index (χ4n) is 2.92. The first kappa shape index (κ1) is 18.8. The molecule has 0 aliphatic carbocycles. The average Bonchev–Trinajstić information content (AvgIpc) is 2.94. The highest BCUT2D eigenvalue weighted by molar-refractivity contribution is 5.84. The lowest BCUT2D eigenvalue weighted by Crippen LogP contribution is -2.29. The Kier molecular flexibility index (Phi) is 6.44. The Labute approximate surface area is 148 Å². The average molecular weight is 346 g/mol. The topological polar surface area (TPSA) is 73.6 Å². The smallest absolute Gasteiger partial charge is 0.228 e. The molecular formula is C19H26N2O4. The summed E-state index contributed by atoms with van der Waals surface area (Å²) in [6, 6.07) is 5.65. The highest BCUT2D eigenvalue weighted by Gasteiger charge is 2.25. The lowest BCUT2D eigenvalue weighted by atomic mass is 9.94. The van der Waals surface area contributed by atoms with Gasteiger partial charge in [-0.3, -0.25) is 4.79 Å². The van der Waals surface area contributed by atoms with Crippen molar-refractivity contribution in [1.29, 1.82) is 0 Å². The van der Waals surface area contributed by atoms with Gasteiger partial charge >= 0.3 is 0 Å². The molecule has 2 rings (SSSR count). The molecule has 1 aromatic heterocycles. The number of carbonyl (C=O) groups excluding carboxylic acids is 1. The number of methoxy groups -OCH3 is 1. The number of hydrogen-bond donors (Lipinski definition) is 1. The predicted octanol–water partition coefficient (Wildman–Crippen LogP) is 3.51. The molecule has 0 saturated carbocycles. The van der Waals surface area contributed by atoms with Crippen LogP contribution in [0.1, 0.15) is 48.8 Å². The number of nitrogens with one attached hydrogen (secondary N) is 1. The van der Waals surface area contributed by atoms with E-state index in [-0.39, 0.29) is 11.8 Å². The molecule has 0 aliphatic heterocycles. The van der Waals surface area contributed by atoms with Gasteiger partial charge in [0.05, 0.1) is 25.3 Å². The molecule has 2 aromatic rings. The van der Waals surface area contributed by atoms with Gasteiger partial charge in [0.2, 0.25) is 5.91 Å². The summed E-state index contributed by atoms with van der Waals surface area (Å²) in [5, 5.41) is 6.94. The Morgan fingerprint density at radius 3 is 2.60 bits per heavy atom. The molecule has 1 amide bonds. The molecule has 0 aliphatic rings. The zero-order valence-electron chi connectivity index (χ0n) is 15.5. The molecule has 1 unspecified atom stereocenters. The minimum atomic E-state index is -0.268. The fourth-order valence-corrected chi connectivity index (χ4v) is 2.92. The fraction of sp³-hybridized carbons (Fsp3) is 0.474. The second-order valence-electron chi connectivity index (χ2n) is 5.83. The lowest BCUT2D eigenvalue weighted by molar-refractivity contribution is -0.122. The minimum Gasteiger partial charge on any atom is -0.493 e. The largest absolute Gasteiger partial charge is 0.493 e. The minimum absolute atomic E-state index is 0.0373. The van der Waals surface area contributed by atoms with Gasteiger partial charge in [-0.05, 0) is 44.9 Å². The summed E-state index contributed by atoms with van der Waals surface area (Å²) in [4.78, 5) is 12.6. The first-order valence-electron chi connectivity index (χ1n) is 8.51. The number of rotatable bonds is 8. The Hall–Kier alpha value is -2.50. The highest BCUT2D eigenvalue weighted by Crippen LogP contribution is 2.29. The lowest BCUT2D eigenvalue weighted by Gasteiger charge is -2.16. The van der Waals surface area contributed by atoms with Crippen LogP contribution in [0.25, 0.3) is 0 Å². The maximum atomic E-state index is 12.6. The number of aromatic nitrogens is 1. The maximum absolute atomic E-state index is 12.6. The Balaban J connectivity index is 2.08. The van der Waals surface area contributed by atoms with Crippen LogP contribution in [0, 0.1) is 13.8 Å². The number of nitrogens with zero attached hydrogens (tertiary/aromatic N) is 1. The van der Waals surface area contributed by atoms with Crippen LogP contribution < -0.4 is 14.8 Å². The van der Waals surface area contributed by atoms with E-state index in [1.807, 2.05) is 45.9 Å². The molecule has 1 atom stereocenters. The normalized spacial score (nSPS) is 11.9. The van der Waals surface area contributed by atoms with Crippen LogP contribution in [0.5, 0.6) is 11.5 Å². The van der Waals surface area contributed by atoms with E-state index < -0.39 is 0 Å². The van der Waals surface area contributed by atoms with E-state index in [2.05, 4.69) is 10.5 Å². The molecule has 0 fully saturated rings. The molecule has 6 nitrogen and oxygen atoms in total. The second kappa shape index (κ2) is 8.55. The van der Waals surface area contributed by atoms with E-state index in [0.717, 1.165) is 16.8 Å². The molecule has 136 valence electrons. The molecule has 0 saturated heterocycles. The van der Waals surface area contributed by atoms with E-state index in [0.29, 0.717) is 36.8 Å². The molecule has 0 bridgehead atoms. The molecule has 1 heterocycles. The van der Waals surface area contributed by atoms with Crippen molar-refractivity contribution < 1.29 is 18.8 Å². The van der Waals surface area contributed by atoms with Gasteiger partial charge in [0, 0.05) is 12.1 Å². The zero-order valence-corrected chi connectivity index (χ0v) is 15.5. The first-order chi connectivity index (χ1) is 12.0. The number of aryl methyl sites for hydroxylation is 2. The third kappa shape index (κ3) is 4.32. The zero-order chi connectivity index (χ0) is 18.4. The van der Waals surface area contributed by atoms with Crippen LogP contribution in [0.15, 0.2) is 22.7 Å². The molecule has 25 heavy (non-hydrogen) atoms. The molecule has 0 radical (unpaired) electrons. The van der Waals surface area contributed by atoms with Gasteiger partial charge in [-0.2, -0.15) is 0 Å². The molecule has 1 aromatic carbocycles. The van der Waals surface area contributed by atoms with Crippen molar-refractivity contribution in [1.82, 2.24) is 10.5 Å². The van der Waals surface area contributed by atoms with Gasteiger partial charge in [0.25, 0.3) is 0 Å². The Morgan fingerprint density at radius 1 is 1.28 bits per heavy atom. The monoisotopic (exact) mass is 346 g/mol. The van der Waals surface area contributed by atoms with Crippen LogP contribution in [0.3, 0.4) is 0 Å². The van der Waals surface area contributed by atoms with E-state index in [4.69, 9.17) is 14.0 Å². The number of amides is 1. The van der Waals surface area contributed by atoms with Gasteiger partial charge in [-0.15, -0.1) is 0 Å². The summed E-state index contributed by atoms with van der Waals surface area (Å²) >= 11 is 0. The van der Waals surface area contributed by atoms with Crippen molar-refractivity contribution in [3.63, 3.8) is 0 Å². The Bertz CT molecular complexity index is 705. The summed E-state index contributed by atoms with van der Waals surface area (Å²) in [5.74, 6) is 1.75. The van der Waals surface area contributed by atoms with Crippen LogP contribution in [0.2, 0.25) is 0 Å². The van der Waals surface area contributed by atoms with E-state index in [9.17, 15) is 4.79 Å². The SMILES string of the molecule is CCOc1ccc(CNC(=O)C(CC)c2c(C)noc2C)cc1OC. The third-order valence-electron chi connectivity index (χ3n) is 4.16. The second-order valence-corrected chi connectivity index (χ2v) is 5.83. The van der Waals surface area contributed by atoms with Gasteiger partial charge in [0.1, 0.15) is 5.76 Å². The molecule has 6 heteroatoms. The standard InChI is InChI=1S/C19H26N2O4/c1-6-15(18-12(3)21-25-13(18)4)19(22)20-11-14-8-9-16(24-7-2)17(10-14)23-5/h8-10,15H,6-7,11H2,1-5H3,(H,20,22). The summed E-state index contributed by atoms with van der Waals surface area (Å²) in [6.45, 7) is 8.59.